The number of furan rings is 1. The third-order valence-corrected chi connectivity index (χ3v) is 15.2. The van der Waals surface area contributed by atoms with E-state index in [-0.39, 0.29) is 12.0 Å². The number of aryl methyl sites for hydroxylation is 1. The Morgan fingerprint density at radius 3 is 2.38 bits per heavy atom. The van der Waals surface area contributed by atoms with Crippen LogP contribution in [0.2, 0.25) is 19.6 Å². The molecule has 0 saturated heterocycles. The van der Waals surface area contributed by atoms with Gasteiger partial charge in [-0.05, 0) is 85.4 Å². The summed E-state index contributed by atoms with van der Waals surface area (Å²) < 4.78 is 11.5. The molecule has 0 bridgehead atoms. The fourth-order valence-electron chi connectivity index (χ4n) is 10.6. The van der Waals surface area contributed by atoms with Crippen LogP contribution < -0.4 is 14.3 Å². The fourth-order valence-corrected chi connectivity index (χ4v) is 12.2. The number of para-hydroxylation sites is 1. The Balaban J connectivity index is 1.21. The summed E-state index contributed by atoms with van der Waals surface area (Å²) in [4.78, 5) is 5.38. The van der Waals surface area contributed by atoms with Crippen LogP contribution in [0.3, 0.4) is 0 Å². The highest BCUT2D eigenvalue weighted by Gasteiger charge is 2.48. The third-order valence-electron chi connectivity index (χ3n) is 13.2. The molecule has 262 valence electrons. The molecule has 2 aromatic carbocycles. The van der Waals surface area contributed by atoms with E-state index in [9.17, 15) is 0 Å². The first-order chi connectivity index (χ1) is 25.3. The van der Waals surface area contributed by atoms with Gasteiger partial charge in [-0.25, -0.2) is 4.98 Å². The summed E-state index contributed by atoms with van der Waals surface area (Å²) in [7, 11) is -1.68. The number of hydrogen-bond donors (Lipinski definition) is 0. The normalized spacial score (nSPS) is 20.6. The van der Waals surface area contributed by atoms with E-state index in [1.165, 1.54) is 85.0 Å². The molecule has 0 radical (unpaired) electrons. The predicted molar refractivity (Wildman–Crippen MR) is 214 cm³/mol. The average Bonchev–Trinajstić information content (AvgIpc) is 3.94. The first-order valence-electron chi connectivity index (χ1n) is 20.1. The summed E-state index contributed by atoms with van der Waals surface area (Å²) in [6.45, 7) is 12.7. The van der Waals surface area contributed by atoms with Gasteiger partial charge in [0.15, 0.2) is 12.4 Å². The lowest BCUT2D eigenvalue weighted by atomic mass is 9.78. The molecule has 10 rings (SSSR count). The van der Waals surface area contributed by atoms with Crippen molar-refractivity contribution in [2.45, 2.75) is 108 Å². The molecule has 2 unspecified atom stereocenters. The van der Waals surface area contributed by atoms with E-state index in [1.807, 2.05) is 0 Å². The van der Waals surface area contributed by atoms with Crippen LogP contribution in [0.15, 0.2) is 96.2 Å². The second-order valence-corrected chi connectivity index (χ2v) is 22.5. The summed E-state index contributed by atoms with van der Waals surface area (Å²) in [5.74, 6) is 1.70. The molecule has 0 amide bonds. The van der Waals surface area contributed by atoms with Crippen LogP contribution in [0.5, 0.6) is 0 Å². The maximum Gasteiger partial charge on any atom is 0.249 e. The van der Waals surface area contributed by atoms with Gasteiger partial charge in [-0.15, -0.1) is 0 Å². The van der Waals surface area contributed by atoms with Gasteiger partial charge in [0.2, 0.25) is 28.8 Å². The van der Waals surface area contributed by atoms with E-state index in [2.05, 4.69) is 114 Å². The van der Waals surface area contributed by atoms with Crippen LogP contribution in [-0.2, 0) is 12.8 Å². The first-order valence-corrected chi connectivity index (χ1v) is 23.6. The lowest BCUT2D eigenvalue weighted by Gasteiger charge is -2.32. The molecular formula is C47H51N3OSi+2. The topological polar surface area (TPSA) is 33.8 Å². The Kier molecular flexibility index (Phi) is 7.68. The molecule has 2 aliphatic carbocycles. The lowest BCUT2D eigenvalue weighted by Crippen LogP contribution is -2.57. The number of fused-ring (bicyclic) bond motifs is 12. The van der Waals surface area contributed by atoms with E-state index in [4.69, 9.17) is 16.0 Å². The van der Waals surface area contributed by atoms with Gasteiger partial charge >= 0.3 is 0 Å². The van der Waals surface area contributed by atoms with Crippen molar-refractivity contribution in [2.75, 3.05) is 0 Å². The average molecular weight is 702 g/mol. The zero-order chi connectivity index (χ0) is 35.1. The highest BCUT2D eigenvalue weighted by Crippen LogP contribution is 2.46. The van der Waals surface area contributed by atoms with Crippen molar-refractivity contribution in [3.63, 3.8) is 0 Å². The minimum absolute atomic E-state index is 0.0835. The minimum atomic E-state index is -1.68. The largest absolute Gasteiger partial charge is 0.438 e. The Bertz CT molecular complexity index is 2390. The van der Waals surface area contributed by atoms with Gasteiger partial charge in [0.05, 0.1) is 25.2 Å². The standard InChI is InChI=1S/C47H51N3OSi/c1-30-46-37(34-17-9-10-18-35(34)43-28-38(33-15-7-8-16-33)45(29-50(43)46)52(2,3)4)21-22-41-40(27-39-36-19-11-12-20-44(36)51-47(39)48-41)42-26-32(23-24-49(30)42)25-31-13-5-6-14-31/h9-12,17-20,23-24,26-29,31,33,37,46H,1,5-8,13-16,21-22,25H2,2-4H3/q+2. The summed E-state index contributed by atoms with van der Waals surface area (Å²) in [6.07, 6.45) is 18.7. The molecular weight excluding hydrogens is 651 g/mol. The molecule has 2 saturated carbocycles. The molecule has 0 N–H and O–H groups in total. The van der Waals surface area contributed by atoms with Crippen molar-refractivity contribution in [1.29, 1.82) is 0 Å². The van der Waals surface area contributed by atoms with Crippen LogP contribution in [-0.4, -0.2) is 13.1 Å². The van der Waals surface area contributed by atoms with Crippen LogP contribution in [0.1, 0.15) is 98.0 Å². The zero-order valence-electron chi connectivity index (χ0n) is 31.1. The van der Waals surface area contributed by atoms with E-state index < -0.39 is 8.07 Å². The van der Waals surface area contributed by atoms with Gasteiger partial charge in [-0.2, -0.15) is 9.13 Å². The molecule has 4 nitrogen and oxygen atoms in total. The molecule has 4 aliphatic rings. The quantitative estimate of drug-likeness (QED) is 0.135. The minimum Gasteiger partial charge on any atom is -0.438 e. The smallest absolute Gasteiger partial charge is 0.249 e. The van der Waals surface area contributed by atoms with E-state index in [0.29, 0.717) is 5.92 Å². The molecule has 6 aromatic rings. The second-order valence-electron chi connectivity index (χ2n) is 17.4. The van der Waals surface area contributed by atoms with Crippen LogP contribution in [0.4, 0.5) is 0 Å². The molecule has 52 heavy (non-hydrogen) atoms. The van der Waals surface area contributed by atoms with E-state index in [1.54, 1.807) is 10.8 Å². The Hall–Kier alpha value is -4.35. The second kappa shape index (κ2) is 12.4. The van der Waals surface area contributed by atoms with Gasteiger partial charge < -0.3 is 4.42 Å². The Labute approximate surface area is 309 Å². The molecule has 0 spiro atoms. The molecule has 4 aromatic heterocycles. The van der Waals surface area contributed by atoms with Crippen molar-refractivity contribution >= 4 is 41.0 Å². The number of hydrogen-bond acceptors (Lipinski definition) is 2. The number of pyridine rings is 3. The zero-order valence-corrected chi connectivity index (χ0v) is 32.1. The van der Waals surface area contributed by atoms with Gasteiger partial charge in [0.1, 0.15) is 5.58 Å². The summed E-state index contributed by atoms with van der Waals surface area (Å²) in [5.41, 5.74) is 13.6. The number of benzene rings is 2. The molecule has 2 fully saturated rings. The van der Waals surface area contributed by atoms with Crippen LogP contribution in [0.25, 0.3) is 50.3 Å². The van der Waals surface area contributed by atoms with Crippen molar-refractivity contribution in [3.8, 4) is 22.5 Å². The fraction of sp³-hybridized carbons (Fsp3) is 0.383. The van der Waals surface area contributed by atoms with Gasteiger partial charge in [-0.3, -0.25) is 0 Å². The first kappa shape index (κ1) is 32.3. The van der Waals surface area contributed by atoms with Crippen molar-refractivity contribution in [3.05, 3.63) is 114 Å². The van der Waals surface area contributed by atoms with E-state index >= 15 is 0 Å². The van der Waals surface area contributed by atoms with Crippen molar-refractivity contribution < 1.29 is 13.6 Å². The maximum absolute atomic E-state index is 6.42. The van der Waals surface area contributed by atoms with E-state index in [0.717, 1.165) is 58.6 Å². The number of aromatic nitrogens is 3. The highest BCUT2D eigenvalue weighted by molar-refractivity contribution is 6.89. The predicted octanol–water partition coefficient (Wildman–Crippen LogP) is 10.6. The van der Waals surface area contributed by atoms with Crippen molar-refractivity contribution in [2.24, 2.45) is 5.92 Å². The summed E-state index contributed by atoms with van der Waals surface area (Å²) >= 11 is 0. The van der Waals surface area contributed by atoms with Gasteiger partial charge in [-0.1, -0.05) is 94.6 Å². The van der Waals surface area contributed by atoms with Gasteiger partial charge in [0.25, 0.3) is 0 Å². The molecule has 2 atom stereocenters. The molecule has 6 heterocycles. The lowest BCUT2D eigenvalue weighted by molar-refractivity contribution is -0.726. The summed E-state index contributed by atoms with van der Waals surface area (Å²) in [6, 6.07) is 27.6. The van der Waals surface area contributed by atoms with Gasteiger partial charge in [0, 0.05) is 39.7 Å². The Morgan fingerprint density at radius 2 is 1.56 bits per heavy atom. The summed E-state index contributed by atoms with van der Waals surface area (Å²) in [5, 5.41) is 3.85. The monoisotopic (exact) mass is 701 g/mol. The Morgan fingerprint density at radius 1 is 0.788 bits per heavy atom. The SMILES string of the molecule is C=C1C2C(CCc3nc4oc5ccccc5c4cc3-c3cc(CC4CCCC4)cc[n+]31)c1ccccc1-c1cc(C3CCCC3)c([Si](C)(C)C)c[n+]12. The van der Waals surface area contributed by atoms with Crippen LogP contribution in [0, 0.1) is 5.92 Å². The van der Waals surface area contributed by atoms with Crippen molar-refractivity contribution in [1.82, 2.24) is 4.98 Å². The third kappa shape index (κ3) is 5.25. The number of allylic oxidation sites excluding steroid dienone is 1. The number of nitrogens with zero attached hydrogens (tertiary/aromatic N) is 3. The maximum atomic E-state index is 6.42. The van der Waals surface area contributed by atoms with Crippen LogP contribution >= 0.6 is 0 Å². The number of rotatable bonds is 4. The molecule has 5 heteroatoms. The highest BCUT2D eigenvalue weighted by atomic mass is 28.3. The molecule has 2 aliphatic heterocycles.